The minimum atomic E-state index is -0.808. The van der Waals surface area contributed by atoms with Gasteiger partial charge in [0, 0.05) is 11.1 Å². The quantitative estimate of drug-likeness (QED) is 0.255. The van der Waals surface area contributed by atoms with Crippen LogP contribution in [0.15, 0.2) is 97.1 Å². The first kappa shape index (κ1) is 21.5. The van der Waals surface area contributed by atoms with Crippen LogP contribution in [0.2, 0.25) is 0 Å². The van der Waals surface area contributed by atoms with Crippen LogP contribution in [0.4, 0.5) is 0 Å². The van der Waals surface area contributed by atoms with Gasteiger partial charge in [-0.25, -0.2) is 4.79 Å². The zero-order valence-electron chi connectivity index (χ0n) is 17.3. The molecule has 0 atom stereocenters. The smallest absolute Gasteiger partial charge is 0.347 e. The maximum Gasteiger partial charge on any atom is 0.347 e. The molecule has 0 bridgehead atoms. The largest absolute Gasteiger partial charge is 0.507 e. The van der Waals surface area contributed by atoms with Crippen LogP contribution in [0.5, 0.6) is 17.2 Å². The number of carbonyl (C=O) groups excluding carboxylic acids is 3. The standard InChI is InChI=1S/C27H18O6/c28-22-13-4-1-10-19(22)25(30)17-8-7-9-18(16-17)26(31)21-12-3-6-15-24(21)33-27(32)20-11-2-5-14-23(20)29/h1-16,28-29H. The van der Waals surface area contributed by atoms with Gasteiger partial charge in [-0.2, -0.15) is 0 Å². The van der Waals surface area contributed by atoms with E-state index in [1.54, 1.807) is 54.6 Å². The second-order valence-corrected chi connectivity index (χ2v) is 7.16. The molecule has 2 N–H and O–H groups in total. The summed E-state index contributed by atoms with van der Waals surface area (Å²) in [7, 11) is 0. The molecule has 0 radical (unpaired) electrons. The number of phenols is 2. The number of carbonyl (C=O) groups is 3. The highest BCUT2D eigenvalue weighted by molar-refractivity contribution is 6.15. The van der Waals surface area contributed by atoms with E-state index in [9.17, 15) is 24.6 Å². The molecule has 4 aromatic carbocycles. The minimum Gasteiger partial charge on any atom is -0.507 e. The molecular formula is C27H18O6. The third-order valence-corrected chi connectivity index (χ3v) is 4.99. The van der Waals surface area contributed by atoms with E-state index in [1.807, 2.05) is 0 Å². The fourth-order valence-corrected chi connectivity index (χ4v) is 3.32. The first-order valence-electron chi connectivity index (χ1n) is 10.0. The number of phenolic OH excluding ortho intramolecular Hbond substituents is 2. The second kappa shape index (κ2) is 9.20. The average molecular weight is 438 g/mol. The van der Waals surface area contributed by atoms with E-state index in [0.29, 0.717) is 0 Å². The van der Waals surface area contributed by atoms with Gasteiger partial charge in [0.25, 0.3) is 0 Å². The van der Waals surface area contributed by atoms with Gasteiger partial charge in [0.05, 0.1) is 11.1 Å². The fourth-order valence-electron chi connectivity index (χ4n) is 3.32. The van der Waals surface area contributed by atoms with Gasteiger partial charge in [-0.1, -0.05) is 54.6 Å². The summed E-state index contributed by atoms with van der Waals surface area (Å²) in [5, 5.41) is 19.9. The Balaban J connectivity index is 1.64. The molecule has 0 saturated carbocycles. The van der Waals surface area contributed by atoms with Gasteiger partial charge in [-0.15, -0.1) is 0 Å². The minimum absolute atomic E-state index is 0.0215. The SMILES string of the molecule is O=C(Oc1ccccc1C(=O)c1cccc(C(=O)c2ccccc2O)c1)c1ccccc1O. The number of hydrogen-bond donors (Lipinski definition) is 2. The molecule has 6 heteroatoms. The highest BCUT2D eigenvalue weighted by Gasteiger charge is 2.20. The lowest BCUT2D eigenvalue weighted by Gasteiger charge is -2.11. The molecule has 4 aromatic rings. The third-order valence-electron chi connectivity index (χ3n) is 4.99. The molecule has 0 aliphatic rings. The van der Waals surface area contributed by atoms with Crippen LogP contribution in [0.1, 0.15) is 42.2 Å². The van der Waals surface area contributed by atoms with Crippen molar-refractivity contribution < 1.29 is 29.3 Å². The lowest BCUT2D eigenvalue weighted by atomic mass is 9.97. The molecule has 162 valence electrons. The van der Waals surface area contributed by atoms with Gasteiger partial charge >= 0.3 is 5.97 Å². The predicted octanol–water partition coefficient (Wildman–Crippen LogP) is 4.78. The Morgan fingerprint density at radius 1 is 0.545 bits per heavy atom. The maximum absolute atomic E-state index is 13.2. The van der Waals surface area contributed by atoms with E-state index < -0.39 is 17.5 Å². The number of hydrogen-bond acceptors (Lipinski definition) is 6. The molecule has 0 aliphatic heterocycles. The number of ketones is 2. The van der Waals surface area contributed by atoms with Gasteiger partial charge in [0.15, 0.2) is 11.6 Å². The van der Waals surface area contributed by atoms with Gasteiger partial charge in [0.2, 0.25) is 0 Å². The van der Waals surface area contributed by atoms with Crippen LogP contribution in [0.25, 0.3) is 0 Å². The molecule has 0 fully saturated rings. The van der Waals surface area contributed by atoms with Gasteiger partial charge in [-0.3, -0.25) is 9.59 Å². The summed E-state index contributed by atoms with van der Waals surface area (Å²) in [6, 6.07) is 24.4. The molecule has 0 spiro atoms. The zero-order valence-corrected chi connectivity index (χ0v) is 17.3. The summed E-state index contributed by atoms with van der Waals surface area (Å²) in [6.45, 7) is 0. The Hall–Kier alpha value is -4.71. The number of para-hydroxylation sites is 3. The first-order valence-corrected chi connectivity index (χ1v) is 10.0. The van der Waals surface area contributed by atoms with E-state index in [0.717, 1.165) is 0 Å². The molecule has 0 aliphatic carbocycles. The summed E-state index contributed by atoms with van der Waals surface area (Å²) in [4.78, 5) is 38.6. The second-order valence-electron chi connectivity index (χ2n) is 7.16. The number of ether oxygens (including phenoxy) is 1. The van der Waals surface area contributed by atoms with Crippen LogP contribution < -0.4 is 4.74 Å². The van der Waals surface area contributed by atoms with E-state index >= 15 is 0 Å². The van der Waals surface area contributed by atoms with Crippen molar-refractivity contribution in [3.8, 4) is 17.2 Å². The van der Waals surface area contributed by atoms with E-state index in [2.05, 4.69) is 0 Å². The molecular weight excluding hydrogens is 420 g/mol. The Morgan fingerprint density at radius 2 is 1.03 bits per heavy atom. The molecule has 4 rings (SSSR count). The number of aromatic hydroxyl groups is 2. The van der Waals surface area contributed by atoms with Crippen molar-refractivity contribution >= 4 is 17.5 Å². The lowest BCUT2D eigenvalue weighted by molar-refractivity contribution is 0.0729. The molecule has 0 saturated heterocycles. The Labute approximate surface area is 189 Å². The average Bonchev–Trinajstić information content (AvgIpc) is 2.84. The zero-order chi connectivity index (χ0) is 23.4. The highest BCUT2D eigenvalue weighted by Crippen LogP contribution is 2.26. The fraction of sp³-hybridized carbons (Fsp3) is 0. The Bertz CT molecular complexity index is 1370. The van der Waals surface area contributed by atoms with Gasteiger partial charge in [0.1, 0.15) is 22.8 Å². The molecule has 0 unspecified atom stereocenters. The number of esters is 1. The summed E-state index contributed by atoms with van der Waals surface area (Å²) in [5.41, 5.74) is 0.649. The van der Waals surface area contributed by atoms with Crippen LogP contribution in [-0.2, 0) is 0 Å². The van der Waals surface area contributed by atoms with Crippen molar-refractivity contribution in [2.45, 2.75) is 0 Å². The van der Waals surface area contributed by atoms with Crippen molar-refractivity contribution in [1.82, 2.24) is 0 Å². The van der Waals surface area contributed by atoms with Crippen LogP contribution in [-0.4, -0.2) is 27.7 Å². The number of benzene rings is 4. The highest BCUT2D eigenvalue weighted by atomic mass is 16.5. The van der Waals surface area contributed by atoms with Crippen molar-refractivity contribution in [2.75, 3.05) is 0 Å². The Kier molecular flexibility index (Phi) is 6.00. The molecule has 0 heterocycles. The molecule has 6 nitrogen and oxygen atoms in total. The normalized spacial score (nSPS) is 10.4. The maximum atomic E-state index is 13.2. The van der Waals surface area contributed by atoms with Crippen molar-refractivity contribution in [1.29, 1.82) is 0 Å². The van der Waals surface area contributed by atoms with E-state index in [4.69, 9.17) is 4.74 Å². The van der Waals surface area contributed by atoms with Crippen molar-refractivity contribution in [3.05, 3.63) is 125 Å². The third kappa shape index (κ3) is 4.50. The number of rotatable bonds is 6. The van der Waals surface area contributed by atoms with Crippen molar-refractivity contribution in [2.24, 2.45) is 0 Å². The Morgan fingerprint density at radius 3 is 1.64 bits per heavy atom. The van der Waals surface area contributed by atoms with Gasteiger partial charge < -0.3 is 14.9 Å². The predicted molar refractivity (Wildman–Crippen MR) is 121 cm³/mol. The summed E-state index contributed by atoms with van der Waals surface area (Å²) in [5.74, 6) is -2.06. The topological polar surface area (TPSA) is 101 Å². The lowest BCUT2D eigenvalue weighted by Crippen LogP contribution is -2.12. The molecule has 0 aromatic heterocycles. The summed E-state index contributed by atoms with van der Waals surface area (Å²) >= 11 is 0. The van der Waals surface area contributed by atoms with E-state index in [1.165, 1.54) is 42.5 Å². The molecule has 33 heavy (non-hydrogen) atoms. The van der Waals surface area contributed by atoms with Crippen LogP contribution >= 0.6 is 0 Å². The summed E-state index contributed by atoms with van der Waals surface area (Å²) < 4.78 is 5.40. The van der Waals surface area contributed by atoms with Crippen LogP contribution in [0, 0.1) is 0 Å². The van der Waals surface area contributed by atoms with Crippen molar-refractivity contribution in [3.63, 3.8) is 0 Å². The molecule has 0 amide bonds. The van der Waals surface area contributed by atoms with Gasteiger partial charge in [-0.05, 0) is 42.5 Å². The summed E-state index contributed by atoms with van der Waals surface area (Å²) in [6.07, 6.45) is 0. The monoisotopic (exact) mass is 438 g/mol. The van der Waals surface area contributed by atoms with E-state index in [-0.39, 0.29) is 45.1 Å². The van der Waals surface area contributed by atoms with Crippen LogP contribution in [0.3, 0.4) is 0 Å². The first-order chi connectivity index (χ1) is 16.0.